The normalized spacial score (nSPS) is 11.2. The summed E-state index contributed by atoms with van der Waals surface area (Å²) in [7, 11) is -11.7. The first kappa shape index (κ1) is 90.7. The van der Waals surface area contributed by atoms with E-state index in [4.69, 9.17) is 49.1 Å². The van der Waals surface area contributed by atoms with Crippen LogP contribution in [0.5, 0.6) is 34.5 Å². The van der Waals surface area contributed by atoms with Crippen LogP contribution >= 0.6 is 47.8 Å². The van der Waals surface area contributed by atoms with Crippen LogP contribution in [-0.2, 0) is 50.6 Å². The molecule has 0 heterocycles. The molecule has 111 heavy (non-hydrogen) atoms. The number of nitro benzene ring substituents is 2. The maximum atomic E-state index is 12.5. The quantitative estimate of drug-likeness (QED) is 0.00467. The summed E-state index contributed by atoms with van der Waals surface area (Å²) < 4.78 is 130. The molecule has 4 amide bonds. The lowest BCUT2D eigenvalue weighted by atomic mass is 9.96. The smallest absolute Gasteiger partial charge is 0.508 e. The number of non-ortho nitro benzene ring substituents is 2. The van der Waals surface area contributed by atoms with Crippen LogP contribution < -0.4 is 37.0 Å². The van der Waals surface area contributed by atoms with Gasteiger partial charge in [-0.05, 0) is 195 Å². The molecule has 0 saturated heterocycles. The molecule has 28 nitrogen and oxygen atoms in total. The van der Waals surface area contributed by atoms with Crippen LogP contribution in [0, 0.1) is 20.2 Å². The summed E-state index contributed by atoms with van der Waals surface area (Å²) in [5.41, 5.74) is 20.6. The first-order valence-electron chi connectivity index (χ1n) is 30.3. The molecule has 9 rings (SSSR count). The molecule has 0 aliphatic rings. The first-order valence-corrected chi connectivity index (χ1v) is 35.5. The minimum atomic E-state index is -5.90. The molecular formula is C72H58Br3F6N7O21S2. The molecule has 39 heteroatoms. The number of hydrogen-bond acceptors (Lipinski definition) is 21. The van der Waals surface area contributed by atoms with Gasteiger partial charge in [0.05, 0.1) is 9.85 Å². The van der Waals surface area contributed by atoms with E-state index in [1.54, 1.807) is 66.7 Å². The summed E-state index contributed by atoms with van der Waals surface area (Å²) >= 11 is 9.64. The lowest BCUT2D eigenvalue weighted by Gasteiger charge is -2.14. The van der Waals surface area contributed by atoms with E-state index in [0.717, 1.165) is 57.5 Å². The van der Waals surface area contributed by atoms with Crippen molar-refractivity contribution >= 4 is 145 Å². The number of aryl methyl sites for hydroxylation is 1. The third kappa shape index (κ3) is 30.5. The summed E-state index contributed by atoms with van der Waals surface area (Å²) in [6, 6.07) is 43.2. The average Bonchev–Trinajstić information content (AvgIpc) is 0.805. The lowest BCUT2D eigenvalue weighted by molar-refractivity contribution is -0.385. The molecule has 15 N–H and O–H groups in total. The van der Waals surface area contributed by atoms with Crippen molar-refractivity contribution in [3.05, 3.63) is 273 Å². The Hall–Kier alpha value is -12.7. The number of aldehydes is 1. The van der Waals surface area contributed by atoms with Crippen LogP contribution in [0.1, 0.15) is 44.6 Å². The molecule has 0 aliphatic carbocycles. The third-order valence-electron chi connectivity index (χ3n) is 13.4. The fourth-order valence-electron chi connectivity index (χ4n) is 8.56. The van der Waals surface area contributed by atoms with Gasteiger partial charge in [-0.15, -0.1) is 0 Å². The van der Waals surface area contributed by atoms with E-state index in [2.05, 4.69) is 56.2 Å². The second-order valence-electron chi connectivity index (χ2n) is 21.6. The number of primary amides is 4. The molecule has 0 spiro atoms. The highest BCUT2D eigenvalue weighted by Gasteiger charge is 2.49. The number of aromatic hydroxyl groups is 4. The van der Waals surface area contributed by atoms with E-state index in [0.29, 0.717) is 72.1 Å². The van der Waals surface area contributed by atoms with Crippen molar-refractivity contribution in [1.82, 2.24) is 0 Å². The number of nitrogen functional groups attached to an aromatic ring is 1. The number of phenols is 4. The second kappa shape index (κ2) is 41.6. The predicted molar refractivity (Wildman–Crippen MR) is 408 cm³/mol. The fraction of sp³-hybridized carbons (Fsp3) is 0.0556. The molecule has 0 fully saturated rings. The number of nitrogens with zero attached hydrogens (tertiary/aromatic N) is 2. The predicted octanol–water partition coefficient (Wildman–Crippen LogP) is 13.9. The van der Waals surface area contributed by atoms with Crippen LogP contribution in [0.3, 0.4) is 0 Å². The number of aliphatic carboxylic acids is 1. The largest absolute Gasteiger partial charge is 0.534 e. The zero-order chi connectivity index (χ0) is 83.3. The van der Waals surface area contributed by atoms with Gasteiger partial charge in [-0.2, -0.15) is 43.2 Å². The molecule has 0 radical (unpaired) electrons. The lowest BCUT2D eigenvalue weighted by Crippen LogP contribution is -2.28. The van der Waals surface area contributed by atoms with Gasteiger partial charge in [0, 0.05) is 79.7 Å². The standard InChI is InChI=1S/C16H11F3N2O6S.C16H15F3N2O4S.C15H12N2O4.C9H8BrNO2.C9H7BrO3.C7H5BrO2/c17-16(18,19)28(25,26)27-13-5-6-14(11(9-13)4-7-15(20)22)10-2-1-3-12(8-10)21(23)24;17-16(18,19)26(23,24)25-13-5-6-14(10-2-1-3-12(20)8-10)11(9-13)4-7-15(21)22;16-15(19)7-4-11-9-13(18)5-6-14(11)10-2-1-3-12(8-10)17(20)21;10-8-3-2-7(12)5-6(8)1-4-9(11)13;10-8-3-2-7(11)5-6(8)1-4-9(12)13;8-7-2-1-6(10)3-5(7)4-9/h1-9H,(H2,20,22);1-3,5-6,8-9H,4,7,20H2,(H2,21,22);1-9,18H,(H2,16,19);1-5,12H,(H2,11,13);1-5,11H,(H,12,13);1-4,10H/b7-4+;;7-4+;2*4-1+;. The van der Waals surface area contributed by atoms with Crippen LogP contribution in [0.15, 0.2) is 220 Å². The summed E-state index contributed by atoms with van der Waals surface area (Å²) in [6.45, 7) is 0. The number of nitro groups is 2. The van der Waals surface area contributed by atoms with Gasteiger partial charge in [-0.3, -0.25) is 44.2 Å². The highest BCUT2D eigenvalue weighted by atomic mass is 79.9. The molecule has 0 unspecified atom stereocenters. The second-order valence-corrected chi connectivity index (χ2v) is 27.3. The van der Waals surface area contributed by atoms with Crippen molar-refractivity contribution in [2.75, 3.05) is 5.73 Å². The van der Waals surface area contributed by atoms with Gasteiger partial charge in [0.1, 0.15) is 34.5 Å². The Kier molecular flexibility index (Phi) is 34.0. The zero-order valence-corrected chi connectivity index (χ0v) is 62.6. The number of carboxylic acids is 1. The number of rotatable bonds is 21. The van der Waals surface area contributed by atoms with Crippen molar-refractivity contribution < 1.29 is 116 Å². The maximum Gasteiger partial charge on any atom is 0.534 e. The van der Waals surface area contributed by atoms with Crippen molar-refractivity contribution in [3.8, 4) is 67.9 Å². The number of hydrogen-bond donors (Lipinski definition) is 10. The van der Waals surface area contributed by atoms with Crippen LogP contribution in [-0.4, -0.2) is 99.1 Å². The molecule has 582 valence electrons. The van der Waals surface area contributed by atoms with E-state index >= 15 is 0 Å². The number of benzene rings is 9. The van der Waals surface area contributed by atoms with Gasteiger partial charge in [0.15, 0.2) is 6.29 Å². The molecule has 0 bridgehead atoms. The molecule has 0 atom stereocenters. The highest BCUT2D eigenvalue weighted by molar-refractivity contribution is 9.11. The Morgan fingerprint density at radius 2 is 0.793 bits per heavy atom. The number of anilines is 1. The van der Waals surface area contributed by atoms with Gasteiger partial charge in [-0.25, -0.2) is 4.79 Å². The monoisotopic (exact) mass is 1770 g/mol. The van der Waals surface area contributed by atoms with Gasteiger partial charge >= 0.3 is 37.2 Å². The van der Waals surface area contributed by atoms with Crippen molar-refractivity contribution in [2.45, 2.75) is 23.9 Å². The topological polar surface area (TPSA) is 507 Å². The van der Waals surface area contributed by atoms with E-state index < -0.39 is 82.2 Å². The number of carbonyl (C=O) groups is 6. The summed E-state index contributed by atoms with van der Waals surface area (Å²) in [5.74, 6) is -4.46. The number of phenolic OH excluding ortho intramolecular Hbond substituents is 4. The number of carbonyl (C=O) groups excluding carboxylic acids is 5. The first-order chi connectivity index (χ1) is 51.8. The van der Waals surface area contributed by atoms with Crippen molar-refractivity contribution in [1.29, 1.82) is 0 Å². The number of nitrogens with two attached hydrogens (primary N) is 5. The summed E-state index contributed by atoms with van der Waals surface area (Å²) in [6.07, 6.45) is 10.5. The van der Waals surface area contributed by atoms with Gasteiger partial charge < -0.3 is 62.6 Å². The van der Waals surface area contributed by atoms with Crippen molar-refractivity contribution in [3.63, 3.8) is 0 Å². The SMILES string of the molecule is NC(=O)/C=C/c1cc(O)ccc1-c1cccc([N+](=O)[O-])c1.NC(=O)/C=C/c1cc(O)ccc1Br.NC(=O)/C=C/c1cc(OS(=O)(=O)C(F)(F)F)ccc1-c1cccc([N+](=O)[O-])c1.NC(=O)CCc1cc(OS(=O)(=O)C(F)(F)F)ccc1-c1cccc(N)c1.O=C(O)/C=C/c1cc(O)ccc1Br.O=Cc1cc(O)ccc1Br. The molecule has 9 aromatic rings. The van der Waals surface area contributed by atoms with Crippen LogP contribution in [0.2, 0.25) is 0 Å². The highest BCUT2D eigenvalue weighted by Crippen LogP contribution is 2.37. The third-order valence-corrected chi connectivity index (χ3v) is 17.6. The number of carboxylic acid groups (broad SMARTS) is 1. The summed E-state index contributed by atoms with van der Waals surface area (Å²) in [4.78, 5) is 84.4. The molecule has 0 aromatic heterocycles. The van der Waals surface area contributed by atoms with E-state index in [9.17, 15) is 97.3 Å². The van der Waals surface area contributed by atoms with E-state index in [1.165, 1.54) is 115 Å². The van der Waals surface area contributed by atoms with E-state index in [1.807, 2.05) is 0 Å². The van der Waals surface area contributed by atoms with Gasteiger partial charge in [0.25, 0.3) is 11.4 Å². The Labute approximate surface area is 650 Å². The van der Waals surface area contributed by atoms with Crippen LogP contribution in [0.4, 0.5) is 43.4 Å². The number of halogens is 9. The van der Waals surface area contributed by atoms with Gasteiger partial charge in [-0.1, -0.05) is 102 Å². The Morgan fingerprint density at radius 1 is 0.450 bits per heavy atom. The molecule has 0 aliphatic heterocycles. The Bertz CT molecular complexity index is 5250. The van der Waals surface area contributed by atoms with Crippen molar-refractivity contribution in [2.24, 2.45) is 22.9 Å². The molecule has 9 aromatic carbocycles. The Morgan fingerprint density at radius 3 is 1.17 bits per heavy atom. The van der Waals surface area contributed by atoms with Gasteiger partial charge in [0.2, 0.25) is 23.6 Å². The van der Waals surface area contributed by atoms with Crippen LogP contribution in [0.25, 0.3) is 57.7 Å². The fourth-order valence-corrected chi connectivity index (χ4v) is 10.6. The Balaban J connectivity index is 0.000000291. The maximum absolute atomic E-state index is 12.5. The number of amides is 4. The van der Waals surface area contributed by atoms with E-state index in [-0.39, 0.29) is 58.3 Å². The minimum Gasteiger partial charge on any atom is -0.508 e. The molecule has 0 saturated carbocycles. The summed E-state index contributed by atoms with van der Waals surface area (Å²) in [5, 5.41) is 66.8. The average molecular weight is 1780 g/mol. The number of alkyl halides is 6. The molecular weight excluding hydrogens is 1720 g/mol. The zero-order valence-electron chi connectivity index (χ0n) is 56.2. The minimum absolute atomic E-state index is 0.0216.